The van der Waals surface area contributed by atoms with Crippen LogP contribution < -0.4 is 10.6 Å². The zero-order chi connectivity index (χ0) is 16.0. The first-order valence-electron chi connectivity index (χ1n) is 8.27. The molecular weight excluding hydrogens is 258 g/mol. The Balaban J connectivity index is 3.05. The Morgan fingerprint density at radius 1 is 1.05 bits per heavy atom. The van der Waals surface area contributed by atoms with E-state index in [9.17, 15) is 0 Å². The zero-order valence-electron chi connectivity index (χ0n) is 14.7. The molecule has 0 unspecified atom stereocenters. The quantitative estimate of drug-likeness (QED) is 0.785. The molecule has 1 aromatic heterocycles. The lowest BCUT2D eigenvalue weighted by atomic mass is 10.1. The van der Waals surface area contributed by atoms with Crippen LogP contribution in [-0.4, -0.2) is 18.1 Å². The monoisotopic (exact) mass is 291 g/mol. The van der Waals surface area contributed by atoms with E-state index in [1.165, 1.54) is 24.1 Å². The summed E-state index contributed by atoms with van der Waals surface area (Å²) in [5, 5.41) is 0. The minimum absolute atomic E-state index is 0.564. The smallest absolute Gasteiger partial charge is 0.0448 e. The normalized spacial score (nSPS) is 11.5. The SMILES string of the molecule is Cc1cc(N(CCC(C)C)CCC(C)C)c(CN)c(C)n1. The van der Waals surface area contributed by atoms with E-state index in [2.05, 4.69) is 57.5 Å². The van der Waals surface area contributed by atoms with E-state index in [1.54, 1.807) is 0 Å². The van der Waals surface area contributed by atoms with E-state index in [1.807, 2.05) is 0 Å². The van der Waals surface area contributed by atoms with Gasteiger partial charge in [0.25, 0.3) is 0 Å². The first-order valence-corrected chi connectivity index (χ1v) is 8.27. The number of rotatable bonds is 8. The molecular formula is C18H33N3. The van der Waals surface area contributed by atoms with Crippen molar-refractivity contribution in [2.45, 2.75) is 60.9 Å². The van der Waals surface area contributed by atoms with Crippen molar-refractivity contribution in [3.63, 3.8) is 0 Å². The van der Waals surface area contributed by atoms with Gasteiger partial charge in [0.15, 0.2) is 0 Å². The summed E-state index contributed by atoms with van der Waals surface area (Å²) in [7, 11) is 0. The molecule has 1 heterocycles. The number of aromatic nitrogens is 1. The van der Waals surface area contributed by atoms with Crippen LogP contribution in [0, 0.1) is 25.7 Å². The van der Waals surface area contributed by atoms with E-state index < -0.39 is 0 Å². The lowest BCUT2D eigenvalue weighted by Crippen LogP contribution is -2.29. The van der Waals surface area contributed by atoms with Crippen LogP contribution in [0.4, 0.5) is 5.69 Å². The Morgan fingerprint density at radius 3 is 2.00 bits per heavy atom. The highest BCUT2D eigenvalue weighted by Crippen LogP contribution is 2.25. The molecule has 0 atom stereocenters. The minimum atomic E-state index is 0.564. The summed E-state index contributed by atoms with van der Waals surface area (Å²) in [6.45, 7) is 16.0. The van der Waals surface area contributed by atoms with E-state index in [-0.39, 0.29) is 0 Å². The fraction of sp³-hybridized carbons (Fsp3) is 0.722. The summed E-state index contributed by atoms with van der Waals surface area (Å²) >= 11 is 0. The first-order chi connectivity index (χ1) is 9.85. The number of aryl methyl sites for hydroxylation is 2. The highest BCUT2D eigenvalue weighted by Gasteiger charge is 2.15. The molecule has 0 fully saturated rings. The number of nitrogens with two attached hydrogens (primary N) is 1. The van der Waals surface area contributed by atoms with Crippen molar-refractivity contribution in [3.8, 4) is 0 Å². The Kier molecular flexibility index (Phi) is 7.16. The first kappa shape index (κ1) is 18.0. The fourth-order valence-corrected chi connectivity index (χ4v) is 2.55. The van der Waals surface area contributed by atoms with Crippen molar-refractivity contribution in [2.24, 2.45) is 17.6 Å². The molecule has 0 aliphatic rings. The number of pyridine rings is 1. The maximum atomic E-state index is 5.98. The second-order valence-electron chi connectivity index (χ2n) is 6.90. The number of nitrogens with zero attached hydrogens (tertiary/aromatic N) is 2. The summed E-state index contributed by atoms with van der Waals surface area (Å²) in [5.74, 6) is 1.44. The molecule has 3 nitrogen and oxygen atoms in total. The molecule has 21 heavy (non-hydrogen) atoms. The minimum Gasteiger partial charge on any atom is -0.371 e. The average molecular weight is 291 g/mol. The van der Waals surface area contributed by atoms with Gasteiger partial charge in [-0.15, -0.1) is 0 Å². The third kappa shape index (κ3) is 5.66. The number of hydrogen-bond donors (Lipinski definition) is 1. The molecule has 0 amide bonds. The summed E-state index contributed by atoms with van der Waals surface area (Å²) in [4.78, 5) is 7.09. The van der Waals surface area contributed by atoms with Crippen LogP contribution in [0.3, 0.4) is 0 Å². The van der Waals surface area contributed by atoms with Gasteiger partial charge in [-0.25, -0.2) is 0 Å². The topological polar surface area (TPSA) is 42.1 Å². The molecule has 3 heteroatoms. The van der Waals surface area contributed by atoms with Crippen LogP contribution in [0.25, 0.3) is 0 Å². The van der Waals surface area contributed by atoms with Crippen molar-refractivity contribution in [2.75, 3.05) is 18.0 Å². The molecule has 1 rings (SSSR count). The van der Waals surface area contributed by atoms with Gasteiger partial charge >= 0.3 is 0 Å². The Labute approximate surface area is 130 Å². The van der Waals surface area contributed by atoms with Crippen LogP contribution in [0.1, 0.15) is 57.5 Å². The molecule has 2 N–H and O–H groups in total. The van der Waals surface area contributed by atoms with Crippen LogP contribution in [0.15, 0.2) is 6.07 Å². The number of hydrogen-bond acceptors (Lipinski definition) is 3. The van der Waals surface area contributed by atoms with Gasteiger partial charge in [0.05, 0.1) is 0 Å². The third-order valence-electron chi connectivity index (χ3n) is 3.93. The molecule has 0 bridgehead atoms. The van der Waals surface area contributed by atoms with Gasteiger partial charge in [-0.3, -0.25) is 4.98 Å². The Bertz CT molecular complexity index is 426. The van der Waals surface area contributed by atoms with Gasteiger partial charge in [0.1, 0.15) is 0 Å². The average Bonchev–Trinajstić information content (AvgIpc) is 2.37. The van der Waals surface area contributed by atoms with Gasteiger partial charge in [0, 0.05) is 42.3 Å². The van der Waals surface area contributed by atoms with E-state index in [4.69, 9.17) is 5.73 Å². The van der Waals surface area contributed by atoms with Crippen molar-refractivity contribution in [3.05, 3.63) is 23.0 Å². The van der Waals surface area contributed by atoms with Crippen LogP contribution in [0.2, 0.25) is 0 Å². The predicted octanol–water partition coefficient (Wildman–Crippen LogP) is 4.06. The number of anilines is 1. The highest BCUT2D eigenvalue weighted by atomic mass is 15.1. The summed E-state index contributed by atoms with van der Waals surface area (Å²) < 4.78 is 0. The van der Waals surface area contributed by atoms with Gasteiger partial charge in [0.2, 0.25) is 0 Å². The van der Waals surface area contributed by atoms with Gasteiger partial charge in [-0.1, -0.05) is 27.7 Å². The van der Waals surface area contributed by atoms with E-state index in [0.717, 1.165) is 36.3 Å². The Hall–Kier alpha value is -1.09. The molecule has 0 spiro atoms. The lowest BCUT2D eigenvalue weighted by Gasteiger charge is -2.29. The van der Waals surface area contributed by atoms with Crippen molar-refractivity contribution in [1.82, 2.24) is 4.98 Å². The van der Waals surface area contributed by atoms with Crippen LogP contribution in [-0.2, 0) is 6.54 Å². The van der Waals surface area contributed by atoms with Gasteiger partial charge < -0.3 is 10.6 Å². The fourth-order valence-electron chi connectivity index (χ4n) is 2.55. The standard InChI is InChI=1S/C18H33N3/c1-13(2)7-9-21(10-8-14(3)4)18-11-15(5)20-16(6)17(18)12-19/h11,13-14H,7-10,12,19H2,1-6H3. The summed E-state index contributed by atoms with van der Waals surface area (Å²) in [5.41, 5.74) is 10.6. The van der Waals surface area contributed by atoms with E-state index in [0.29, 0.717) is 6.54 Å². The zero-order valence-corrected chi connectivity index (χ0v) is 14.7. The maximum absolute atomic E-state index is 5.98. The maximum Gasteiger partial charge on any atom is 0.0448 e. The molecule has 0 saturated carbocycles. The summed E-state index contributed by atoms with van der Waals surface area (Å²) in [6, 6.07) is 2.20. The molecule has 0 aliphatic heterocycles. The molecule has 1 aromatic rings. The van der Waals surface area contributed by atoms with Gasteiger partial charge in [-0.2, -0.15) is 0 Å². The van der Waals surface area contributed by atoms with Gasteiger partial charge in [-0.05, 0) is 44.6 Å². The molecule has 0 radical (unpaired) electrons. The van der Waals surface area contributed by atoms with E-state index >= 15 is 0 Å². The van der Waals surface area contributed by atoms with Crippen molar-refractivity contribution < 1.29 is 0 Å². The molecule has 0 aliphatic carbocycles. The third-order valence-corrected chi connectivity index (χ3v) is 3.93. The summed E-state index contributed by atoms with van der Waals surface area (Å²) in [6.07, 6.45) is 2.42. The Morgan fingerprint density at radius 2 is 1.57 bits per heavy atom. The largest absolute Gasteiger partial charge is 0.371 e. The second kappa shape index (κ2) is 8.38. The predicted molar refractivity (Wildman–Crippen MR) is 92.7 cm³/mol. The van der Waals surface area contributed by atoms with Crippen molar-refractivity contribution >= 4 is 5.69 Å². The second-order valence-corrected chi connectivity index (χ2v) is 6.90. The van der Waals surface area contributed by atoms with Crippen LogP contribution in [0.5, 0.6) is 0 Å². The lowest BCUT2D eigenvalue weighted by molar-refractivity contribution is 0.534. The molecule has 120 valence electrons. The molecule has 0 saturated heterocycles. The van der Waals surface area contributed by atoms with Crippen LogP contribution >= 0.6 is 0 Å². The van der Waals surface area contributed by atoms with Crippen molar-refractivity contribution in [1.29, 1.82) is 0 Å². The highest BCUT2D eigenvalue weighted by molar-refractivity contribution is 5.56. The molecule has 0 aromatic carbocycles.